The van der Waals surface area contributed by atoms with E-state index in [0.717, 1.165) is 31.7 Å². The Morgan fingerprint density at radius 1 is 1.35 bits per heavy atom. The molecule has 3 nitrogen and oxygen atoms in total. The van der Waals surface area contributed by atoms with E-state index in [2.05, 4.69) is 23.8 Å². The fourth-order valence-electron chi connectivity index (χ4n) is 3.00. The first-order chi connectivity index (χ1) is 9.40. The van der Waals surface area contributed by atoms with Gasteiger partial charge in [0.05, 0.1) is 6.10 Å². The number of benzene rings is 1. The van der Waals surface area contributed by atoms with E-state index >= 15 is 0 Å². The van der Waals surface area contributed by atoms with E-state index in [4.69, 9.17) is 0 Å². The van der Waals surface area contributed by atoms with Crippen LogP contribution in [0.3, 0.4) is 0 Å². The maximum atomic E-state index is 13.8. The van der Waals surface area contributed by atoms with Crippen LogP contribution in [0.1, 0.15) is 37.5 Å². The molecule has 1 aliphatic rings. The minimum absolute atomic E-state index is 0.246. The summed E-state index contributed by atoms with van der Waals surface area (Å²) in [4.78, 5) is 4.63. The SMILES string of the molecule is Cc1cc(N2CCCN(C)CC2C)c([C@H](C)O)cc1F. The number of hydrogen-bond acceptors (Lipinski definition) is 3. The maximum Gasteiger partial charge on any atom is 0.126 e. The Morgan fingerprint density at radius 2 is 2.05 bits per heavy atom. The lowest BCUT2D eigenvalue weighted by molar-refractivity contribution is 0.199. The molecule has 112 valence electrons. The Kier molecular flexibility index (Phi) is 4.66. The van der Waals surface area contributed by atoms with Crippen molar-refractivity contribution in [2.75, 3.05) is 31.6 Å². The van der Waals surface area contributed by atoms with Crippen LogP contribution in [0.4, 0.5) is 10.1 Å². The van der Waals surface area contributed by atoms with Crippen LogP contribution in [0, 0.1) is 12.7 Å². The molecule has 0 radical (unpaired) electrons. The highest BCUT2D eigenvalue weighted by Gasteiger charge is 2.24. The topological polar surface area (TPSA) is 26.7 Å². The lowest BCUT2D eigenvalue weighted by Gasteiger charge is -2.33. The molecule has 4 heteroatoms. The quantitative estimate of drug-likeness (QED) is 0.902. The zero-order valence-electron chi connectivity index (χ0n) is 12.9. The molecule has 1 aromatic rings. The Hall–Kier alpha value is -1.13. The van der Waals surface area contributed by atoms with Gasteiger partial charge in [-0.1, -0.05) is 0 Å². The molecular weight excluding hydrogens is 255 g/mol. The molecule has 1 aromatic carbocycles. The van der Waals surface area contributed by atoms with Gasteiger partial charge in [0.2, 0.25) is 0 Å². The third-order valence-corrected chi connectivity index (χ3v) is 4.11. The van der Waals surface area contributed by atoms with Crippen LogP contribution in [0.2, 0.25) is 0 Å². The summed E-state index contributed by atoms with van der Waals surface area (Å²) < 4.78 is 13.8. The molecule has 1 saturated heterocycles. The average molecular weight is 280 g/mol. The largest absolute Gasteiger partial charge is 0.389 e. The Morgan fingerprint density at radius 3 is 2.70 bits per heavy atom. The lowest BCUT2D eigenvalue weighted by atomic mass is 10.0. The standard InChI is InChI=1S/C16H25FN2O/c1-11-8-16(14(13(3)20)9-15(11)17)19-7-5-6-18(4)10-12(19)2/h8-9,12-13,20H,5-7,10H2,1-4H3/t12?,13-/m0/s1. The van der Waals surface area contributed by atoms with Gasteiger partial charge in [-0.15, -0.1) is 0 Å². The summed E-state index contributed by atoms with van der Waals surface area (Å²) in [7, 11) is 2.13. The molecule has 20 heavy (non-hydrogen) atoms. The number of likely N-dealkylation sites (N-methyl/N-ethyl adjacent to an activating group) is 1. The molecule has 1 N–H and O–H groups in total. The zero-order chi connectivity index (χ0) is 14.9. The van der Waals surface area contributed by atoms with Gasteiger partial charge in [-0.2, -0.15) is 0 Å². The van der Waals surface area contributed by atoms with Crippen molar-refractivity contribution in [1.82, 2.24) is 4.90 Å². The molecule has 1 aliphatic heterocycles. The van der Waals surface area contributed by atoms with Crippen molar-refractivity contribution in [2.45, 2.75) is 39.3 Å². The van der Waals surface area contributed by atoms with E-state index in [-0.39, 0.29) is 5.82 Å². The fourth-order valence-corrected chi connectivity index (χ4v) is 3.00. The summed E-state index contributed by atoms with van der Waals surface area (Å²) in [6.45, 7) is 8.66. The first kappa shape index (κ1) is 15.3. The zero-order valence-corrected chi connectivity index (χ0v) is 12.9. The van der Waals surface area contributed by atoms with E-state index in [9.17, 15) is 9.50 Å². The number of aliphatic hydroxyl groups excluding tert-OH is 1. The average Bonchev–Trinajstić information content (AvgIpc) is 2.52. The van der Waals surface area contributed by atoms with Gasteiger partial charge in [0.25, 0.3) is 0 Å². The Balaban J connectivity index is 2.42. The second-order valence-corrected chi connectivity index (χ2v) is 5.99. The lowest BCUT2D eigenvalue weighted by Crippen LogP contribution is -2.38. The maximum absolute atomic E-state index is 13.8. The van der Waals surface area contributed by atoms with Gasteiger partial charge < -0.3 is 14.9 Å². The number of hydrogen-bond donors (Lipinski definition) is 1. The summed E-state index contributed by atoms with van der Waals surface area (Å²) in [6.07, 6.45) is 0.421. The fraction of sp³-hybridized carbons (Fsp3) is 0.625. The molecule has 0 spiro atoms. The van der Waals surface area contributed by atoms with E-state index in [1.165, 1.54) is 6.07 Å². The Labute approximate surface area is 121 Å². The molecule has 2 rings (SSSR count). The van der Waals surface area contributed by atoms with E-state index < -0.39 is 6.10 Å². The van der Waals surface area contributed by atoms with Crippen molar-refractivity contribution in [2.24, 2.45) is 0 Å². The van der Waals surface area contributed by atoms with Crippen LogP contribution in [0.25, 0.3) is 0 Å². The predicted octanol–water partition coefficient (Wildman–Crippen LogP) is 2.72. The van der Waals surface area contributed by atoms with Crippen molar-refractivity contribution in [1.29, 1.82) is 0 Å². The summed E-state index contributed by atoms with van der Waals surface area (Å²) in [5.41, 5.74) is 2.29. The second kappa shape index (κ2) is 6.10. The normalized spacial score (nSPS) is 22.7. The number of aliphatic hydroxyl groups is 1. The van der Waals surface area contributed by atoms with Crippen LogP contribution in [0.5, 0.6) is 0 Å². The highest BCUT2D eigenvalue weighted by molar-refractivity contribution is 5.57. The van der Waals surface area contributed by atoms with Crippen molar-refractivity contribution in [3.8, 4) is 0 Å². The van der Waals surface area contributed by atoms with E-state index in [1.807, 2.05) is 6.07 Å². The molecule has 2 atom stereocenters. The summed E-state index contributed by atoms with van der Waals surface area (Å²) >= 11 is 0. The Bertz CT molecular complexity index is 476. The number of anilines is 1. The van der Waals surface area contributed by atoms with Crippen LogP contribution in [-0.4, -0.2) is 42.7 Å². The van der Waals surface area contributed by atoms with Gasteiger partial charge in [-0.05, 0) is 58.5 Å². The highest BCUT2D eigenvalue weighted by Crippen LogP contribution is 2.31. The second-order valence-electron chi connectivity index (χ2n) is 5.99. The van der Waals surface area contributed by atoms with Crippen LogP contribution >= 0.6 is 0 Å². The first-order valence-corrected chi connectivity index (χ1v) is 7.33. The summed E-state index contributed by atoms with van der Waals surface area (Å²) in [6, 6.07) is 3.71. The van der Waals surface area contributed by atoms with Gasteiger partial charge in [-0.25, -0.2) is 4.39 Å². The van der Waals surface area contributed by atoms with Gasteiger partial charge in [0.15, 0.2) is 0 Å². The highest BCUT2D eigenvalue weighted by atomic mass is 19.1. The predicted molar refractivity (Wildman–Crippen MR) is 80.7 cm³/mol. The molecule has 1 fully saturated rings. The van der Waals surface area contributed by atoms with Crippen LogP contribution < -0.4 is 4.90 Å². The number of nitrogens with zero attached hydrogens (tertiary/aromatic N) is 2. The molecule has 0 amide bonds. The molecular formula is C16H25FN2O. The molecule has 1 unspecified atom stereocenters. The monoisotopic (exact) mass is 280 g/mol. The smallest absolute Gasteiger partial charge is 0.126 e. The minimum Gasteiger partial charge on any atom is -0.389 e. The van der Waals surface area contributed by atoms with Gasteiger partial charge in [-0.3, -0.25) is 0 Å². The molecule has 0 bridgehead atoms. The third-order valence-electron chi connectivity index (χ3n) is 4.11. The summed E-state index contributed by atoms with van der Waals surface area (Å²) in [5.74, 6) is -0.246. The van der Waals surface area contributed by atoms with Gasteiger partial charge in [0.1, 0.15) is 5.82 Å². The van der Waals surface area contributed by atoms with Crippen molar-refractivity contribution in [3.05, 3.63) is 29.1 Å². The number of rotatable bonds is 2. The van der Waals surface area contributed by atoms with Crippen LogP contribution in [0.15, 0.2) is 12.1 Å². The molecule has 0 saturated carbocycles. The van der Waals surface area contributed by atoms with E-state index in [1.54, 1.807) is 13.8 Å². The van der Waals surface area contributed by atoms with Gasteiger partial charge in [0, 0.05) is 30.4 Å². The number of aryl methyl sites for hydroxylation is 1. The van der Waals surface area contributed by atoms with Crippen molar-refractivity contribution >= 4 is 5.69 Å². The van der Waals surface area contributed by atoms with Crippen molar-refractivity contribution in [3.63, 3.8) is 0 Å². The van der Waals surface area contributed by atoms with Crippen LogP contribution in [-0.2, 0) is 0 Å². The summed E-state index contributed by atoms with van der Waals surface area (Å²) in [5, 5.41) is 9.96. The first-order valence-electron chi connectivity index (χ1n) is 7.33. The minimum atomic E-state index is -0.659. The third kappa shape index (κ3) is 3.13. The molecule has 0 aliphatic carbocycles. The molecule has 0 aromatic heterocycles. The van der Waals surface area contributed by atoms with Gasteiger partial charge >= 0.3 is 0 Å². The number of halogens is 1. The van der Waals surface area contributed by atoms with E-state index in [0.29, 0.717) is 17.2 Å². The molecule has 1 heterocycles. The van der Waals surface area contributed by atoms with Crippen molar-refractivity contribution < 1.29 is 9.50 Å².